The summed E-state index contributed by atoms with van der Waals surface area (Å²) < 4.78 is 73.9. The molecule has 0 amide bonds. The van der Waals surface area contributed by atoms with Crippen molar-refractivity contribution in [2.24, 2.45) is 23.2 Å². The first kappa shape index (κ1) is 31.6. The van der Waals surface area contributed by atoms with Crippen molar-refractivity contribution in [3.8, 4) is 5.75 Å². The van der Waals surface area contributed by atoms with Gasteiger partial charge in [0, 0.05) is 5.75 Å². The van der Waals surface area contributed by atoms with Gasteiger partial charge in [-0.25, -0.2) is 8.42 Å². The van der Waals surface area contributed by atoms with Gasteiger partial charge in [-0.3, -0.25) is 4.79 Å². The summed E-state index contributed by atoms with van der Waals surface area (Å²) in [5, 5.41) is 0. The number of ether oxygens (including phenoxy) is 1. The summed E-state index contributed by atoms with van der Waals surface area (Å²) in [6, 6.07) is 26.5. The van der Waals surface area contributed by atoms with E-state index in [9.17, 15) is 30.9 Å². The summed E-state index contributed by atoms with van der Waals surface area (Å²) in [5.74, 6) is 1.14. The van der Waals surface area contributed by atoms with Crippen LogP contribution in [0, 0.1) is 23.2 Å². The quantitative estimate of drug-likeness (QED) is 0.110. The molecular weight excluding hydrogens is 597 g/mol. The van der Waals surface area contributed by atoms with E-state index >= 15 is 0 Å². The maximum absolute atomic E-state index is 12.3. The van der Waals surface area contributed by atoms with Gasteiger partial charge in [0.1, 0.15) is 12.2 Å². The highest BCUT2D eigenvalue weighted by Gasteiger charge is 2.50. The number of hydrogen-bond acceptors (Lipinski definition) is 5. The largest absolute Gasteiger partial charge is 0.748 e. The van der Waals surface area contributed by atoms with Gasteiger partial charge in [-0.05, 0) is 117 Å². The van der Waals surface area contributed by atoms with E-state index < -0.39 is 28.7 Å². The Morgan fingerprint density at radius 2 is 1.23 bits per heavy atom. The van der Waals surface area contributed by atoms with Crippen molar-refractivity contribution in [2.75, 3.05) is 5.75 Å². The zero-order chi connectivity index (χ0) is 30.7. The Kier molecular flexibility index (Phi) is 9.58. The molecule has 0 atom stereocenters. The van der Waals surface area contributed by atoms with Gasteiger partial charge in [0.15, 0.2) is 14.7 Å². The van der Waals surface area contributed by atoms with E-state index in [1.165, 1.54) is 50.7 Å². The number of carbonyl (C=O) groups excluding carboxylic acids is 1. The molecule has 0 heterocycles. The van der Waals surface area contributed by atoms with Crippen LogP contribution in [0.2, 0.25) is 0 Å². The smallest absolute Gasteiger partial charge is 0.399 e. The summed E-state index contributed by atoms with van der Waals surface area (Å²) in [6.07, 6.45) is 2.10. The van der Waals surface area contributed by atoms with Crippen molar-refractivity contribution in [1.29, 1.82) is 0 Å². The maximum Gasteiger partial charge on any atom is 0.399 e. The standard InChI is InChI=1S/C21H16F3O2S.C12H20O3S/c22-21(23,24)15-20(25)26-16-11-13-19(14-12-16)27(17-7-3-1-4-8-17)18-9-5-2-6-10-18;13-16(14,15)2-1-12-6-9-3-10(7-12)5-11(4-9)8-12/h1-14H,15H2;9-11H,1-8H2,(H,13,14,15)/q+1;/p-1. The number of esters is 1. The van der Waals surface area contributed by atoms with E-state index in [2.05, 4.69) is 0 Å². The second-order valence-electron chi connectivity index (χ2n) is 12.1. The molecule has 230 valence electrons. The highest BCUT2D eigenvalue weighted by Crippen LogP contribution is 2.61. The predicted octanol–water partition coefficient (Wildman–Crippen LogP) is 7.78. The molecule has 43 heavy (non-hydrogen) atoms. The Morgan fingerprint density at radius 1 is 0.791 bits per heavy atom. The Balaban J connectivity index is 0.000000194. The minimum absolute atomic E-state index is 0.0951. The van der Waals surface area contributed by atoms with Gasteiger partial charge in [0.05, 0.1) is 21.0 Å². The average molecular weight is 633 g/mol. The molecular formula is C33H35F3O5S2. The highest BCUT2D eigenvalue weighted by atomic mass is 32.2. The van der Waals surface area contributed by atoms with Gasteiger partial charge in [-0.2, -0.15) is 13.2 Å². The van der Waals surface area contributed by atoms with Crippen LogP contribution in [0.5, 0.6) is 5.75 Å². The molecule has 0 spiro atoms. The molecule has 0 radical (unpaired) electrons. The lowest BCUT2D eigenvalue weighted by Crippen LogP contribution is -2.46. The van der Waals surface area contributed by atoms with Gasteiger partial charge in [-0.1, -0.05) is 36.4 Å². The zero-order valence-electron chi connectivity index (χ0n) is 23.7. The van der Waals surface area contributed by atoms with Crippen LogP contribution < -0.4 is 4.74 Å². The molecule has 4 aliphatic carbocycles. The predicted molar refractivity (Wildman–Crippen MR) is 158 cm³/mol. The molecule has 7 rings (SSSR count). The van der Waals surface area contributed by atoms with Gasteiger partial charge in [0.2, 0.25) is 0 Å². The number of halogens is 3. The summed E-state index contributed by atoms with van der Waals surface area (Å²) >= 11 is 0. The monoisotopic (exact) mass is 632 g/mol. The van der Waals surface area contributed by atoms with Crippen molar-refractivity contribution in [2.45, 2.75) is 72.2 Å². The van der Waals surface area contributed by atoms with Crippen LogP contribution in [-0.4, -0.2) is 30.9 Å². The van der Waals surface area contributed by atoms with Crippen molar-refractivity contribution < 1.29 is 35.7 Å². The third-order valence-electron chi connectivity index (χ3n) is 8.64. The van der Waals surface area contributed by atoms with Gasteiger partial charge < -0.3 is 9.29 Å². The molecule has 3 aromatic carbocycles. The lowest BCUT2D eigenvalue weighted by molar-refractivity contribution is -0.164. The zero-order valence-corrected chi connectivity index (χ0v) is 25.3. The summed E-state index contributed by atoms with van der Waals surface area (Å²) in [5.41, 5.74) is 0.228. The Morgan fingerprint density at radius 3 is 1.65 bits per heavy atom. The Hall–Kier alpha value is -2.82. The number of benzene rings is 3. The van der Waals surface area contributed by atoms with Crippen molar-refractivity contribution in [1.82, 2.24) is 0 Å². The van der Waals surface area contributed by atoms with Gasteiger partial charge >= 0.3 is 12.1 Å². The fourth-order valence-electron chi connectivity index (χ4n) is 7.43. The minimum atomic E-state index is -4.58. The van der Waals surface area contributed by atoms with E-state index in [0.29, 0.717) is 6.42 Å². The first-order valence-corrected chi connectivity index (χ1v) is 17.3. The van der Waals surface area contributed by atoms with Crippen molar-refractivity contribution >= 4 is 27.0 Å². The van der Waals surface area contributed by atoms with E-state index in [0.717, 1.165) is 32.4 Å². The van der Waals surface area contributed by atoms with E-state index in [1.807, 2.05) is 60.7 Å². The molecule has 5 nitrogen and oxygen atoms in total. The normalized spacial score (nSPS) is 24.3. The molecule has 0 aliphatic heterocycles. The topological polar surface area (TPSA) is 83.5 Å². The summed E-state index contributed by atoms with van der Waals surface area (Å²) in [7, 11) is -4.39. The molecule has 0 saturated heterocycles. The van der Waals surface area contributed by atoms with Crippen LogP contribution in [0.1, 0.15) is 51.4 Å². The summed E-state index contributed by atoms with van der Waals surface area (Å²) in [4.78, 5) is 14.6. The van der Waals surface area contributed by atoms with Crippen LogP contribution in [0.4, 0.5) is 13.2 Å². The fourth-order valence-corrected chi connectivity index (χ4v) is 10.2. The van der Waals surface area contributed by atoms with Gasteiger partial charge in [0.25, 0.3) is 0 Å². The lowest BCUT2D eigenvalue weighted by Gasteiger charge is -2.57. The maximum atomic E-state index is 12.3. The van der Waals surface area contributed by atoms with Crippen LogP contribution >= 0.6 is 0 Å². The number of rotatable bonds is 8. The molecule has 10 heteroatoms. The number of carbonyl (C=O) groups is 1. The first-order valence-electron chi connectivity index (χ1n) is 14.5. The second kappa shape index (κ2) is 13.0. The van der Waals surface area contributed by atoms with Crippen LogP contribution in [-0.2, 0) is 25.8 Å². The van der Waals surface area contributed by atoms with Crippen molar-refractivity contribution in [3.05, 3.63) is 84.9 Å². The molecule has 0 unspecified atom stereocenters. The molecule has 0 aromatic heterocycles. The fraction of sp³-hybridized carbons (Fsp3) is 0.424. The lowest BCUT2D eigenvalue weighted by atomic mass is 9.49. The number of hydrogen-bond donors (Lipinski definition) is 0. The molecule has 4 bridgehead atoms. The van der Waals surface area contributed by atoms with E-state index in [1.54, 1.807) is 12.1 Å². The molecule has 4 saturated carbocycles. The molecule has 0 N–H and O–H groups in total. The van der Waals surface area contributed by atoms with Crippen LogP contribution in [0.25, 0.3) is 0 Å². The molecule has 4 fully saturated rings. The highest BCUT2D eigenvalue weighted by molar-refractivity contribution is 7.97. The van der Waals surface area contributed by atoms with E-state index in [-0.39, 0.29) is 27.8 Å². The van der Waals surface area contributed by atoms with Crippen molar-refractivity contribution in [3.63, 3.8) is 0 Å². The van der Waals surface area contributed by atoms with Crippen LogP contribution in [0.3, 0.4) is 0 Å². The Bertz CT molecular complexity index is 1400. The Labute approximate surface area is 253 Å². The van der Waals surface area contributed by atoms with E-state index in [4.69, 9.17) is 4.74 Å². The SMILES string of the molecule is O=C(CC(F)(F)F)Oc1ccc([S+](c2ccccc2)c2ccccc2)cc1.O=S(=O)([O-])CCC12CC3CC(CC(C3)C1)C2. The first-order chi connectivity index (χ1) is 20.4. The summed E-state index contributed by atoms with van der Waals surface area (Å²) in [6.45, 7) is 0. The van der Waals surface area contributed by atoms with Gasteiger partial charge in [-0.15, -0.1) is 0 Å². The van der Waals surface area contributed by atoms with Crippen LogP contribution in [0.15, 0.2) is 99.6 Å². The second-order valence-corrected chi connectivity index (χ2v) is 15.6. The third kappa shape index (κ3) is 8.86. The average Bonchev–Trinajstić information content (AvgIpc) is 2.93. The molecule has 3 aromatic rings. The minimum Gasteiger partial charge on any atom is -0.748 e. The number of alkyl halides is 3. The third-order valence-corrected chi connectivity index (χ3v) is 11.6. The molecule has 4 aliphatic rings.